The number of anilines is 1. The van der Waals surface area contributed by atoms with Gasteiger partial charge in [0.2, 0.25) is 0 Å². The van der Waals surface area contributed by atoms with Crippen LogP contribution in [0.25, 0.3) is 0 Å². The molecule has 0 radical (unpaired) electrons. The molecule has 0 aromatic heterocycles. The molecule has 22 heavy (non-hydrogen) atoms. The van der Waals surface area contributed by atoms with Crippen LogP contribution in [0, 0.1) is 0 Å². The third kappa shape index (κ3) is 3.22. The van der Waals surface area contributed by atoms with E-state index >= 15 is 0 Å². The number of hydrogen-bond donors (Lipinski definition) is 2. The highest BCUT2D eigenvalue weighted by Crippen LogP contribution is 2.32. The van der Waals surface area contributed by atoms with Crippen LogP contribution in [0.3, 0.4) is 0 Å². The normalized spacial score (nSPS) is 16.5. The van der Waals surface area contributed by atoms with E-state index < -0.39 is 0 Å². The molecule has 0 saturated carbocycles. The maximum Gasteiger partial charge on any atom is 0.319 e. The molecule has 3 rings (SSSR count). The van der Waals surface area contributed by atoms with E-state index in [-0.39, 0.29) is 12.1 Å². The molecule has 0 heterocycles. The standard InChI is InChI=1S/C18H20N2O2/c1-22-15-10-11-16-13(12-15)6-5-9-17(16)20-18(21)19-14-7-3-2-4-8-14/h2-4,7-8,10-12,17H,5-6,9H2,1H3,(H2,19,20,21)/t17-/m1/s1. The van der Waals surface area contributed by atoms with Gasteiger partial charge in [0.25, 0.3) is 0 Å². The molecule has 4 nitrogen and oxygen atoms in total. The highest BCUT2D eigenvalue weighted by molar-refractivity contribution is 5.89. The molecule has 0 aliphatic heterocycles. The maximum absolute atomic E-state index is 12.2. The van der Waals surface area contributed by atoms with Crippen molar-refractivity contribution in [2.45, 2.75) is 25.3 Å². The number of benzene rings is 2. The van der Waals surface area contributed by atoms with Crippen molar-refractivity contribution in [3.63, 3.8) is 0 Å². The predicted molar refractivity (Wildman–Crippen MR) is 87.3 cm³/mol. The van der Waals surface area contributed by atoms with E-state index in [1.807, 2.05) is 36.4 Å². The molecule has 114 valence electrons. The Balaban J connectivity index is 1.70. The Hall–Kier alpha value is -2.49. The number of nitrogens with one attached hydrogen (secondary N) is 2. The Morgan fingerprint density at radius 3 is 2.77 bits per heavy atom. The first-order chi connectivity index (χ1) is 10.8. The number of methoxy groups -OCH3 is 1. The van der Waals surface area contributed by atoms with E-state index in [1.165, 1.54) is 11.1 Å². The predicted octanol–water partition coefficient (Wildman–Crippen LogP) is 3.89. The molecule has 2 N–H and O–H groups in total. The molecule has 0 fully saturated rings. The van der Waals surface area contributed by atoms with Crippen molar-refractivity contribution in [3.05, 3.63) is 59.7 Å². The Kier molecular flexibility index (Phi) is 4.28. The molecule has 0 bridgehead atoms. The van der Waals surface area contributed by atoms with E-state index in [0.717, 1.165) is 30.7 Å². The van der Waals surface area contributed by atoms with Crippen LogP contribution >= 0.6 is 0 Å². The van der Waals surface area contributed by atoms with Gasteiger partial charge in [-0.05, 0) is 54.7 Å². The molecule has 4 heteroatoms. The third-order valence-corrected chi connectivity index (χ3v) is 4.00. The van der Waals surface area contributed by atoms with Crippen LogP contribution in [-0.2, 0) is 6.42 Å². The van der Waals surface area contributed by atoms with Crippen LogP contribution in [0.4, 0.5) is 10.5 Å². The lowest BCUT2D eigenvalue weighted by atomic mass is 9.87. The van der Waals surface area contributed by atoms with Crippen LogP contribution in [0.5, 0.6) is 5.75 Å². The fraction of sp³-hybridized carbons (Fsp3) is 0.278. The molecule has 2 aromatic rings. The van der Waals surface area contributed by atoms with Gasteiger partial charge < -0.3 is 15.4 Å². The number of aryl methyl sites for hydroxylation is 1. The van der Waals surface area contributed by atoms with Gasteiger partial charge in [0, 0.05) is 5.69 Å². The number of rotatable bonds is 3. The Morgan fingerprint density at radius 2 is 2.00 bits per heavy atom. The van der Waals surface area contributed by atoms with Crippen molar-refractivity contribution in [1.29, 1.82) is 0 Å². The van der Waals surface area contributed by atoms with E-state index in [1.54, 1.807) is 7.11 Å². The first-order valence-electron chi connectivity index (χ1n) is 7.55. The number of amides is 2. The summed E-state index contributed by atoms with van der Waals surface area (Å²) < 4.78 is 5.28. The summed E-state index contributed by atoms with van der Waals surface area (Å²) in [5, 5.41) is 5.94. The summed E-state index contributed by atoms with van der Waals surface area (Å²) in [6, 6.07) is 15.4. The second-order valence-electron chi connectivity index (χ2n) is 5.47. The molecule has 0 saturated heterocycles. The van der Waals surface area contributed by atoms with Gasteiger partial charge in [-0.3, -0.25) is 0 Å². The summed E-state index contributed by atoms with van der Waals surface area (Å²) in [4.78, 5) is 12.2. The Labute approximate surface area is 130 Å². The highest BCUT2D eigenvalue weighted by atomic mass is 16.5. The van der Waals surface area contributed by atoms with Gasteiger partial charge in [0.05, 0.1) is 13.2 Å². The van der Waals surface area contributed by atoms with Crippen LogP contribution < -0.4 is 15.4 Å². The zero-order valence-corrected chi connectivity index (χ0v) is 12.6. The average molecular weight is 296 g/mol. The zero-order chi connectivity index (χ0) is 15.4. The van der Waals surface area contributed by atoms with E-state index in [2.05, 4.69) is 22.8 Å². The Bertz CT molecular complexity index is 655. The van der Waals surface area contributed by atoms with Crippen LogP contribution in [0.2, 0.25) is 0 Å². The zero-order valence-electron chi connectivity index (χ0n) is 12.6. The van der Waals surface area contributed by atoms with Gasteiger partial charge in [-0.1, -0.05) is 24.3 Å². The second-order valence-corrected chi connectivity index (χ2v) is 5.47. The fourth-order valence-corrected chi connectivity index (χ4v) is 2.91. The minimum absolute atomic E-state index is 0.0540. The molecule has 2 aromatic carbocycles. The van der Waals surface area contributed by atoms with Crippen molar-refractivity contribution in [3.8, 4) is 5.75 Å². The quantitative estimate of drug-likeness (QED) is 0.902. The number of carbonyl (C=O) groups is 1. The topological polar surface area (TPSA) is 50.4 Å². The van der Waals surface area contributed by atoms with Gasteiger partial charge in [-0.2, -0.15) is 0 Å². The lowest BCUT2D eigenvalue weighted by Crippen LogP contribution is -2.34. The summed E-state index contributed by atoms with van der Waals surface area (Å²) in [7, 11) is 1.67. The lowest BCUT2D eigenvalue weighted by Gasteiger charge is -2.26. The van der Waals surface area contributed by atoms with Crippen molar-refractivity contribution >= 4 is 11.7 Å². The van der Waals surface area contributed by atoms with Gasteiger partial charge in [0.1, 0.15) is 5.75 Å². The third-order valence-electron chi connectivity index (χ3n) is 4.00. The number of para-hydroxylation sites is 1. The van der Waals surface area contributed by atoms with Gasteiger partial charge in [-0.25, -0.2) is 4.79 Å². The van der Waals surface area contributed by atoms with Gasteiger partial charge in [0.15, 0.2) is 0 Å². The van der Waals surface area contributed by atoms with Crippen molar-refractivity contribution < 1.29 is 9.53 Å². The number of ether oxygens (including phenoxy) is 1. The highest BCUT2D eigenvalue weighted by Gasteiger charge is 2.22. The van der Waals surface area contributed by atoms with Crippen molar-refractivity contribution in [2.24, 2.45) is 0 Å². The molecule has 1 aliphatic rings. The maximum atomic E-state index is 12.2. The number of carbonyl (C=O) groups excluding carboxylic acids is 1. The monoisotopic (exact) mass is 296 g/mol. The SMILES string of the molecule is COc1ccc2c(c1)CCC[C@H]2NC(=O)Nc1ccccc1. The minimum atomic E-state index is -0.167. The summed E-state index contributed by atoms with van der Waals surface area (Å²) in [6.45, 7) is 0. The lowest BCUT2D eigenvalue weighted by molar-refractivity contribution is 0.247. The average Bonchev–Trinajstić information content (AvgIpc) is 2.55. The molecule has 2 amide bonds. The summed E-state index contributed by atoms with van der Waals surface area (Å²) >= 11 is 0. The van der Waals surface area contributed by atoms with E-state index in [9.17, 15) is 4.79 Å². The summed E-state index contributed by atoms with van der Waals surface area (Å²) in [5.74, 6) is 0.869. The van der Waals surface area contributed by atoms with Crippen LogP contribution in [0.1, 0.15) is 30.0 Å². The van der Waals surface area contributed by atoms with Crippen molar-refractivity contribution in [1.82, 2.24) is 5.32 Å². The van der Waals surface area contributed by atoms with Gasteiger partial charge in [-0.15, -0.1) is 0 Å². The molecule has 0 unspecified atom stereocenters. The molecule has 1 atom stereocenters. The Morgan fingerprint density at radius 1 is 1.18 bits per heavy atom. The summed E-state index contributed by atoms with van der Waals surface area (Å²) in [5.41, 5.74) is 3.25. The summed E-state index contributed by atoms with van der Waals surface area (Å²) in [6.07, 6.45) is 3.06. The van der Waals surface area contributed by atoms with Gasteiger partial charge >= 0.3 is 6.03 Å². The molecular formula is C18H20N2O2. The number of fused-ring (bicyclic) bond motifs is 1. The number of hydrogen-bond acceptors (Lipinski definition) is 2. The second kappa shape index (κ2) is 6.52. The molecular weight excluding hydrogens is 276 g/mol. The number of urea groups is 1. The van der Waals surface area contributed by atoms with Crippen LogP contribution in [0.15, 0.2) is 48.5 Å². The van der Waals surface area contributed by atoms with Crippen molar-refractivity contribution in [2.75, 3.05) is 12.4 Å². The first kappa shape index (κ1) is 14.4. The first-order valence-corrected chi connectivity index (χ1v) is 7.55. The smallest absolute Gasteiger partial charge is 0.319 e. The van der Waals surface area contributed by atoms with E-state index in [0.29, 0.717) is 0 Å². The molecule has 0 spiro atoms. The molecule has 1 aliphatic carbocycles. The van der Waals surface area contributed by atoms with E-state index in [4.69, 9.17) is 4.74 Å². The van der Waals surface area contributed by atoms with Crippen LogP contribution in [-0.4, -0.2) is 13.1 Å². The minimum Gasteiger partial charge on any atom is -0.497 e. The fourth-order valence-electron chi connectivity index (χ4n) is 2.91. The largest absolute Gasteiger partial charge is 0.497 e.